The highest BCUT2D eigenvalue weighted by Gasteiger charge is 2.14. The molecule has 1 aromatic carbocycles. The van der Waals surface area contributed by atoms with Crippen molar-refractivity contribution in [3.63, 3.8) is 0 Å². The molecule has 0 saturated carbocycles. The van der Waals surface area contributed by atoms with Crippen molar-refractivity contribution in [2.75, 3.05) is 18.9 Å². The van der Waals surface area contributed by atoms with Gasteiger partial charge in [-0.2, -0.15) is 5.26 Å². The maximum absolute atomic E-state index is 11.5. The lowest BCUT2D eigenvalue weighted by Gasteiger charge is -2.12. The molecule has 19 heavy (non-hydrogen) atoms. The molecule has 6 nitrogen and oxygen atoms in total. The summed E-state index contributed by atoms with van der Waals surface area (Å²) in [7, 11) is 0. The lowest BCUT2D eigenvalue weighted by Crippen LogP contribution is -2.29. The summed E-state index contributed by atoms with van der Waals surface area (Å²) in [6.07, 6.45) is 0. The van der Waals surface area contributed by atoms with E-state index in [4.69, 9.17) is 15.7 Å². The zero-order valence-corrected chi connectivity index (χ0v) is 11.8. The van der Waals surface area contributed by atoms with Gasteiger partial charge < -0.3 is 15.8 Å². The van der Waals surface area contributed by atoms with Crippen molar-refractivity contribution < 1.29 is 14.3 Å². The molecule has 0 aliphatic carbocycles. The largest absolute Gasteiger partial charge is 0.481 e. The average Bonchev–Trinajstić information content (AvgIpc) is 2.34. The average molecular weight is 326 g/mol. The summed E-state index contributed by atoms with van der Waals surface area (Å²) < 4.78 is 5.90. The summed E-state index contributed by atoms with van der Waals surface area (Å²) >= 11 is 3.23. The molecule has 0 radical (unpaired) electrons. The molecular formula is C12H12BrN3O3. The van der Waals surface area contributed by atoms with Gasteiger partial charge in [-0.25, -0.2) is 0 Å². The molecule has 1 aromatic rings. The van der Waals surface area contributed by atoms with Crippen LogP contribution in [0.1, 0.15) is 17.3 Å². The summed E-state index contributed by atoms with van der Waals surface area (Å²) in [4.78, 5) is 22.8. The molecule has 100 valence electrons. The molecule has 0 aromatic heterocycles. The van der Waals surface area contributed by atoms with E-state index in [9.17, 15) is 9.59 Å². The fourth-order valence-electron chi connectivity index (χ4n) is 1.36. The predicted molar refractivity (Wildman–Crippen MR) is 72.7 cm³/mol. The van der Waals surface area contributed by atoms with Gasteiger partial charge in [0.1, 0.15) is 6.54 Å². The van der Waals surface area contributed by atoms with Crippen LogP contribution < -0.4 is 15.8 Å². The smallest absolute Gasteiger partial charge is 0.258 e. The number of halogens is 1. The Morgan fingerprint density at radius 3 is 2.79 bits per heavy atom. The number of nitriles is 1. The molecule has 0 aliphatic rings. The quantitative estimate of drug-likeness (QED) is 0.481. The van der Waals surface area contributed by atoms with E-state index in [0.29, 0.717) is 10.0 Å². The van der Waals surface area contributed by atoms with Gasteiger partial charge in [-0.15, -0.1) is 0 Å². The number of amides is 1. The molecule has 0 aliphatic heterocycles. The molecule has 7 heteroatoms. The van der Waals surface area contributed by atoms with Crippen LogP contribution in [-0.4, -0.2) is 24.8 Å². The summed E-state index contributed by atoms with van der Waals surface area (Å²) in [6, 6.07) is 4.92. The highest BCUT2D eigenvalue weighted by molar-refractivity contribution is 9.10. The van der Waals surface area contributed by atoms with Gasteiger partial charge in [-0.05, 0) is 19.1 Å². The number of hydrogen-bond donors (Lipinski definition) is 2. The van der Waals surface area contributed by atoms with E-state index in [2.05, 4.69) is 21.2 Å². The summed E-state index contributed by atoms with van der Waals surface area (Å²) in [5.74, 6) is -0.512. The maximum atomic E-state index is 11.5. The van der Waals surface area contributed by atoms with E-state index in [-0.39, 0.29) is 30.4 Å². The van der Waals surface area contributed by atoms with Crippen LogP contribution in [0.25, 0.3) is 0 Å². The van der Waals surface area contributed by atoms with Crippen LogP contribution in [0.15, 0.2) is 16.6 Å². The van der Waals surface area contributed by atoms with Crippen LogP contribution in [-0.2, 0) is 4.79 Å². The van der Waals surface area contributed by atoms with E-state index >= 15 is 0 Å². The number of Topliss-reactive ketones (excluding diaryl/α,β-unsaturated/α-hetero) is 1. The van der Waals surface area contributed by atoms with Crippen LogP contribution in [0.3, 0.4) is 0 Å². The van der Waals surface area contributed by atoms with Gasteiger partial charge in [-0.1, -0.05) is 15.9 Å². The molecular weight excluding hydrogens is 314 g/mol. The lowest BCUT2D eigenvalue weighted by molar-refractivity contribution is -0.122. The minimum absolute atomic E-state index is 0.0996. The molecule has 0 spiro atoms. The Morgan fingerprint density at radius 1 is 1.53 bits per heavy atom. The Hall–Kier alpha value is -2.07. The summed E-state index contributed by atoms with van der Waals surface area (Å²) in [5.41, 5.74) is 6.30. The third kappa shape index (κ3) is 4.26. The number of rotatable bonds is 5. The third-order valence-electron chi connectivity index (χ3n) is 2.17. The fourth-order valence-corrected chi connectivity index (χ4v) is 1.84. The van der Waals surface area contributed by atoms with Crippen LogP contribution in [0.4, 0.5) is 5.69 Å². The van der Waals surface area contributed by atoms with Crippen LogP contribution in [0.2, 0.25) is 0 Å². The molecule has 0 bridgehead atoms. The molecule has 3 N–H and O–H groups in total. The van der Waals surface area contributed by atoms with Crippen LogP contribution in [0.5, 0.6) is 5.75 Å². The summed E-state index contributed by atoms with van der Waals surface area (Å²) in [5, 5.41) is 10.6. The minimum atomic E-state index is -0.460. The maximum Gasteiger partial charge on any atom is 0.258 e. The van der Waals surface area contributed by atoms with E-state index in [1.54, 1.807) is 18.2 Å². The monoisotopic (exact) mass is 325 g/mol. The van der Waals surface area contributed by atoms with E-state index in [0.717, 1.165) is 0 Å². The first-order chi connectivity index (χ1) is 8.95. The number of ether oxygens (including phenoxy) is 1. The van der Waals surface area contributed by atoms with E-state index in [1.165, 1.54) is 6.92 Å². The number of anilines is 1. The first kappa shape index (κ1) is 15.0. The first-order valence-electron chi connectivity index (χ1n) is 5.32. The zero-order valence-electron chi connectivity index (χ0n) is 10.2. The highest BCUT2D eigenvalue weighted by Crippen LogP contribution is 2.31. The van der Waals surface area contributed by atoms with Crippen molar-refractivity contribution >= 4 is 33.3 Å². The Morgan fingerprint density at radius 2 is 2.21 bits per heavy atom. The van der Waals surface area contributed by atoms with Gasteiger partial charge in [0.2, 0.25) is 0 Å². The molecule has 1 rings (SSSR count). The predicted octanol–water partition coefficient (Wildman–Crippen LogP) is 1.25. The molecule has 0 atom stereocenters. The number of nitrogens with zero attached hydrogens (tertiary/aromatic N) is 1. The number of nitrogen functional groups attached to an aromatic ring is 1. The minimum Gasteiger partial charge on any atom is -0.481 e. The number of benzene rings is 1. The van der Waals surface area contributed by atoms with Crippen molar-refractivity contribution in [3.8, 4) is 11.8 Å². The standard InChI is InChI=1S/C12H12BrN3O3/c1-7(17)9-4-8(13)5-10(15)12(9)19-6-11(18)16-3-2-14/h4-5H,3,6,15H2,1H3,(H,16,18). The normalized spacial score (nSPS) is 9.53. The van der Waals surface area contributed by atoms with Gasteiger partial charge in [0.05, 0.1) is 17.3 Å². The van der Waals surface area contributed by atoms with Crippen molar-refractivity contribution in [1.29, 1.82) is 5.26 Å². The van der Waals surface area contributed by atoms with Crippen LogP contribution >= 0.6 is 15.9 Å². The first-order valence-corrected chi connectivity index (χ1v) is 6.11. The number of carbonyl (C=O) groups excluding carboxylic acids is 2. The molecule has 0 unspecified atom stereocenters. The second kappa shape index (κ2) is 6.75. The van der Waals surface area contributed by atoms with Crippen molar-refractivity contribution in [2.24, 2.45) is 0 Å². The number of hydrogen-bond acceptors (Lipinski definition) is 5. The Labute approximate surface area is 118 Å². The Balaban J connectivity index is 2.86. The van der Waals surface area contributed by atoms with Gasteiger partial charge >= 0.3 is 0 Å². The number of ketones is 1. The topological polar surface area (TPSA) is 105 Å². The molecule has 0 saturated heterocycles. The Kier molecular flexibility index (Phi) is 5.33. The van der Waals surface area contributed by atoms with Gasteiger partial charge in [-0.3, -0.25) is 9.59 Å². The summed E-state index contributed by atoms with van der Waals surface area (Å²) in [6.45, 7) is 0.967. The third-order valence-corrected chi connectivity index (χ3v) is 2.63. The van der Waals surface area contributed by atoms with Gasteiger partial charge in [0.15, 0.2) is 18.1 Å². The highest BCUT2D eigenvalue weighted by atomic mass is 79.9. The Bertz CT molecular complexity index is 552. The molecule has 0 heterocycles. The number of nitrogens with two attached hydrogens (primary N) is 1. The van der Waals surface area contributed by atoms with Crippen molar-refractivity contribution in [2.45, 2.75) is 6.92 Å². The van der Waals surface area contributed by atoms with Crippen molar-refractivity contribution in [3.05, 3.63) is 22.2 Å². The van der Waals surface area contributed by atoms with Gasteiger partial charge in [0.25, 0.3) is 5.91 Å². The van der Waals surface area contributed by atoms with E-state index < -0.39 is 5.91 Å². The van der Waals surface area contributed by atoms with E-state index in [1.807, 2.05) is 0 Å². The molecule has 0 fully saturated rings. The van der Waals surface area contributed by atoms with Crippen molar-refractivity contribution in [1.82, 2.24) is 5.32 Å². The molecule has 1 amide bonds. The van der Waals surface area contributed by atoms with Crippen LogP contribution in [0, 0.1) is 11.3 Å². The SMILES string of the molecule is CC(=O)c1cc(Br)cc(N)c1OCC(=O)NCC#N. The number of carbonyl (C=O) groups is 2. The zero-order chi connectivity index (χ0) is 14.4. The van der Waals surface area contributed by atoms with Gasteiger partial charge in [0, 0.05) is 4.47 Å². The second-order valence-electron chi connectivity index (χ2n) is 3.65. The number of nitrogens with one attached hydrogen (secondary N) is 1. The fraction of sp³-hybridized carbons (Fsp3) is 0.250. The lowest BCUT2D eigenvalue weighted by atomic mass is 10.1. The second-order valence-corrected chi connectivity index (χ2v) is 4.57.